The fraction of sp³-hybridized carbons (Fsp3) is 0.423. The molecule has 0 spiro atoms. The lowest BCUT2D eigenvalue weighted by Gasteiger charge is -2.33. The van der Waals surface area contributed by atoms with Gasteiger partial charge in [-0.15, -0.1) is 0 Å². The summed E-state index contributed by atoms with van der Waals surface area (Å²) in [6.07, 6.45) is 0.884. The highest BCUT2D eigenvalue weighted by atomic mass is 79.9. The Morgan fingerprint density at radius 3 is 2.36 bits per heavy atom. The van der Waals surface area contributed by atoms with E-state index in [-0.39, 0.29) is 18.2 Å². The van der Waals surface area contributed by atoms with Crippen LogP contribution in [0.25, 0.3) is 0 Å². The van der Waals surface area contributed by atoms with Crippen LogP contribution >= 0.6 is 28.1 Å². The number of carbonyl (C=O) groups excluding carboxylic acids is 2. The number of nitrogens with zero attached hydrogens (tertiary/aromatic N) is 4. The number of benzene rings is 2. The monoisotopic (exact) mass is 573 g/mol. The first-order valence-corrected chi connectivity index (χ1v) is 13.3. The Morgan fingerprint density at radius 2 is 1.72 bits per heavy atom. The molecule has 10 heteroatoms. The summed E-state index contributed by atoms with van der Waals surface area (Å²) in [6, 6.07) is 13.9. The van der Waals surface area contributed by atoms with Gasteiger partial charge in [-0.3, -0.25) is 14.5 Å². The topological polar surface area (TPSA) is 68.4 Å². The van der Waals surface area contributed by atoms with Gasteiger partial charge in [0.2, 0.25) is 5.91 Å². The highest BCUT2D eigenvalue weighted by Gasteiger charge is 2.43. The minimum absolute atomic E-state index is 0.0240. The van der Waals surface area contributed by atoms with Crippen molar-refractivity contribution in [2.75, 3.05) is 63.6 Å². The maximum Gasteiger partial charge on any atom is 0.256 e. The minimum Gasteiger partial charge on any atom is -0.497 e. The molecule has 2 saturated heterocycles. The summed E-state index contributed by atoms with van der Waals surface area (Å²) >= 11 is 9.18. The number of ether oxygens (including phenoxy) is 1. The summed E-state index contributed by atoms with van der Waals surface area (Å²) in [5.74, 6) is 0.292. The van der Waals surface area contributed by atoms with Crippen molar-refractivity contribution in [3.63, 3.8) is 0 Å². The van der Waals surface area contributed by atoms with Crippen LogP contribution in [0.3, 0.4) is 0 Å². The maximum atomic E-state index is 13.6. The number of anilines is 2. The second-order valence-corrected chi connectivity index (χ2v) is 10.4. The zero-order chi connectivity index (χ0) is 25.7. The molecule has 4 rings (SSSR count). The third-order valence-electron chi connectivity index (χ3n) is 6.63. The van der Waals surface area contributed by atoms with E-state index in [1.807, 2.05) is 41.3 Å². The van der Waals surface area contributed by atoms with E-state index in [0.29, 0.717) is 28.8 Å². The molecule has 192 valence electrons. The molecule has 8 nitrogen and oxygen atoms in total. The van der Waals surface area contributed by atoms with Gasteiger partial charge in [0.25, 0.3) is 5.91 Å². The van der Waals surface area contributed by atoms with E-state index in [0.717, 1.165) is 43.6 Å². The molecule has 2 aromatic carbocycles. The molecule has 2 aliphatic rings. The van der Waals surface area contributed by atoms with Crippen LogP contribution in [0, 0.1) is 0 Å². The lowest BCUT2D eigenvalue weighted by molar-refractivity contribution is -0.124. The molecule has 0 bridgehead atoms. The number of piperazine rings is 1. The lowest BCUT2D eigenvalue weighted by Crippen LogP contribution is -2.45. The standard InChI is InChI=1S/C26H32BrN5O3S/c1-29-14-16-30(17-15-29)12-3-13-31-23(18-24(33)28-20-6-4-19(27)5-7-20)25(34)32(26(31)36)21-8-10-22(35-2)11-9-21/h4-11,23H,3,12-18H2,1-2H3,(H,28,33)/t23-/m0/s1. The summed E-state index contributed by atoms with van der Waals surface area (Å²) < 4.78 is 6.18. The molecular formula is C26H32BrN5O3S. The van der Waals surface area contributed by atoms with Crippen molar-refractivity contribution in [2.24, 2.45) is 0 Å². The maximum absolute atomic E-state index is 13.6. The zero-order valence-electron chi connectivity index (χ0n) is 20.7. The molecule has 1 atom stereocenters. The largest absolute Gasteiger partial charge is 0.497 e. The first kappa shape index (κ1) is 26.5. The first-order valence-electron chi connectivity index (χ1n) is 12.1. The number of methoxy groups -OCH3 is 1. The summed E-state index contributed by atoms with van der Waals surface area (Å²) in [5.41, 5.74) is 1.36. The molecular weight excluding hydrogens is 542 g/mol. The van der Waals surface area contributed by atoms with Crippen LogP contribution < -0.4 is 15.0 Å². The second kappa shape index (κ2) is 12.1. The van der Waals surface area contributed by atoms with Crippen LogP contribution in [0.1, 0.15) is 12.8 Å². The Bertz CT molecular complexity index is 1070. The average molecular weight is 575 g/mol. The van der Waals surface area contributed by atoms with Crippen LogP contribution in [-0.4, -0.2) is 91.1 Å². The predicted molar refractivity (Wildman–Crippen MR) is 150 cm³/mol. The summed E-state index contributed by atoms with van der Waals surface area (Å²) in [4.78, 5) is 34.7. The van der Waals surface area contributed by atoms with E-state index in [1.165, 1.54) is 0 Å². The van der Waals surface area contributed by atoms with Crippen molar-refractivity contribution in [2.45, 2.75) is 18.9 Å². The van der Waals surface area contributed by atoms with Crippen LogP contribution in [-0.2, 0) is 9.59 Å². The Balaban J connectivity index is 1.47. The quantitative estimate of drug-likeness (QED) is 0.461. The fourth-order valence-corrected chi connectivity index (χ4v) is 5.19. The molecule has 1 N–H and O–H groups in total. The van der Waals surface area contributed by atoms with Crippen LogP contribution in [0.4, 0.5) is 11.4 Å². The lowest BCUT2D eigenvalue weighted by atomic mass is 10.1. The Morgan fingerprint density at radius 1 is 1.06 bits per heavy atom. The van der Waals surface area contributed by atoms with Gasteiger partial charge in [-0.2, -0.15) is 0 Å². The van der Waals surface area contributed by atoms with Gasteiger partial charge >= 0.3 is 0 Å². The number of hydrogen-bond donors (Lipinski definition) is 1. The number of nitrogens with one attached hydrogen (secondary N) is 1. The SMILES string of the molecule is COc1ccc(N2C(=O)[C@H](CC(=O)Nc3ccc(Br)cc3)N(CCCN3CCN(C)CC3)C2=S)cc1. The average Bonchev–Trinajstić information content (AvgIpc) is 3.10. The minimum atomic E-state index is -0.650. The number of thiocarbonyl (C=S) groups is 1. The summed E-state index contributed by atoms with van der Waals surface area (Å²) in [7, 11) is 3.74. The highest BCUT2D eigenvalue weighted by Crippen LogP contribution is 2.29. The van der Waals surface area contributed by atoms with Crippen molar-refractivity contribution in [3.05, 3.63) is 53.0 Å². The molecule has 2 fully saturated rings. The molecule has 0 unspecified atom stereocenters. The van der Waals surface area contributed by atoms with Gasteiger partial charge in [-0.1, -0.05) is 15.9 Å². The van der Waals surface area contributed by atoms with Gasteiger partial charge in [-0.05, 0) is 80.8 Å². The van der Waals surface area contributed by atoms with Crippen molar-refractivity contribution in [1.29, 1.82) is 0 Å². The van der Waals surface area contributed by atoms with Crippen molar-refractivity contribution in [1.82, 2.24) is 14.7 Å². The molecule has 0 aliphatic carbocycles. The van der Waals surface area contributed by atoms with Gasteiger partial charge in [0.1, 0.15) is 11.8 Å². The number of carbonyl (C=O) groups is 2. The molecule has 0 aromatic heterocycles. The Labute approximate surface area is 226 Å². The molecule has 2 heterocycles. The van der Waals surface area contributed by atoms with E-state index in [9.17, 15) is 9.59 Å². The number of likely N-dealkylation sites (N-methyl/N-ethyl adjacent to an activating group) is 1. The normalized spacial score (nSPS) is 19.1. The molecule has 2 aromatic rings. The summed E-state index contributed by atoms with van der Waals surface area (Å²) in [5, 5.41) is 3.34. The smallest absolute Gasteiger partial charge is 0.256 e. The molecule has 36 heavy (non-hydrogen) atoms. The molecule has 0 radical (unpaired) electrons. The van der Waals surface area contributed by atoms with E-state index in [1.54, 1.807) is 24.1 Å². The van der Waals surface area contributed by atoms with Crippen LogP contribution in [0.5, 0.6) is 5.75 Å². The zero-order valence-corrected chi connectivity index (χ0v) is 23.1. The fourth-order valence-electron chi connectivity index (χ4n) is 4.51. The number of rotatable bonds is 9. The van der Waals surface area contributed by atoms with Crippen molar-refractivity contribution >= 4 is 56.4 Å². The summed E-state index contributed by atoms with van der Waals surface area (Å²) in [6.45, 7) is 5.74. The number of halogens is 1. The molecule has 0 saturated carbocycles. The van der Waals surface area contributed by atoms with E-state index in [2.05, 4.69) is 38.1 Å². The number of amides is 2. The van der Waals surface area contributed by atoms with Crippen LogP contribution in [0.15, 0.2) is 53.0 Å². The third-order valence-corrected chi connectivity index (χ3v) is 7.57. The Hall–Kier alpha value is -2.53. The van der Waals surface area contributed by atoms with Crippen molar-refractivity contribution in [3.8, 4) is 5.75 Å². The van der Waals surface area contributed by atoms with Crippen LogP contribution in [0.2, 0.25) is 0 Å². The molecule has 2 aliphatic heterocycles. The second-order valence-electron chi connectivity index (χ2n) is 9.12. The highest BCUT2D eigenvalue weighted by molar-refractivity contribution is 9.10. The van der Waals surface area contributed by atoms with Gasteiger partial charge in [0.05, 0.1) is 19.2 Å². The van der Waals surface area contributed by atoms with Gasteiger partial charge in [-0.25, -0.2) is 0 Å². The van der Waals surface area contributed by atoms with E-state index < -0.39 is 6.04 Å². The third kappa shape index (κ3) is 6.42. The van der Waals surface area contributed by atoms with Gasteiger partial charge in [0, 0.05) is 42.9 Å². The van der Waals surface area contributed by atoms with Gasteiger partial charge < -0.3 is 24.8 Å². The predicted octanol–water partition coefficient (Wildman–Crippen LogP) is 3.43. The Kier molecular flexibility index (Phi) is 8.95. The first-order chi connectivity index (χ1) is 17.4. The molecule has 2 amide bonds. The number of hydrogen-bond acceptors (Lipinski definition) is 6. The van der Waals surface area contributed by atoms with Crippen molar-refractivity contribution < 1.29 is 14.3 Å². The van der Waals surface area contributed by atoms with E-state index in [4.69, 9.17) is 17.0 Å². The van der Waals surface area contributed by atoms with E-state index >= 15 is 0 Å². The van der Waals surface area contributed by atoms with Gasteiger partial charge in [0.15, 0.2) is 5.11 Å².